The van der Waals surface area contributed by atoms with Gasteiger partial charge in [-0.3, -0.25) is 19.4 Å². The van der Waals surface area contributed by atoms with Crippen molar-refractivity contribution in [1.82, 2.24) is 34.9 Å². The maximum Gasteiger partial charge on any atom is 0.252 e. The summed E-state index contributed by atoms with van der Waals surface area (Å²) in [5.74, 6) is -0.113. The fraction of sp³-hybridized carbons (Fsp3) is 0.280. The van der Waals surface area contributed by atoms with Crippen LogP contribution in [0.1, 0.15) is 22.2 Å². The maximum atomic E-state index is 13.0. The minimum absolute atomic E-state index is 0.113. The van der Waals surface area contributed by atoms with Gasteiger partial charge in [0.05, 0.1) is 23.1 Å². The monoisotopic (exact) mass is 441 g/mol. The fourth-order valence-electron chi connectivity index (χ4n) is 4.13. The van der Waals surface area contributed by atoms with Crippen LogP contribution in [-0.2, 0) is 7.05 Å². The van der Waals surface area contributed by atoms with E-state index in [4.69, 9.17) is 9.97 Å². The molecule has 1 fully saturated rings. The Morgan fingerprint density at radius 3 is 2.52 bits per heavy atom. The molecule has 1 unspecified atom stereocenters. The lowest BCUT2D eigenvalue weighted by atomic mass is 10.1. The topological polar surface area (TPSA) is 79.2 Å². The van der Waals surface area contributed by atoms with Gasteiger partial charge in [-0.15, -0.1) is 0 Å². The van der Waals surface area contributed by atoms with Crippen LogP contribution in [-0.4, -0.2) is 68.7 Å². The molecule has 8 nitrogen and oxygen atoms in total. The number of aryl methyl sites for hydroxylation is 1. The summed E-state index contributed by atoms with van der Waals surface area (Å²) in [5.41, 5.74) is 4.08. The highest BCUT2D eigenvalue weighted by Gasteiger charge is 2.27. The summed E-state index contributed by atoms with van der Waals surface area (Å²) < 4.78 is 1.77. The third-order valence-electron chi connectivity index (χ3n) is 6.08. The van der Waals surface area contributed by atoms with Crippen LogP contribution < -0.4 is 5.32 Å². The van der Waals surface area contributed by atoms with E-state index in [1.807, 2.05) is 74.2 Å². The number of hydrogen-bond donors (Lipinski definition) is 1. The number of nitrogens with zero attached hydrogens (tertiary/aromatic N) is 6. The van der Waals surface area contributed by atoms with Gasteiger partial charge < -0.3 is 10.2 Å². The van der Waals surface area contributed by atoms with Crippen molar-refractivity contribution in [3.05, 3.63) is 78.4 Å². The molecular formula is C25H27N7O. The average molecular weight is 442 g/mol. The lowest BCUT2D eigenvalue weighted by Crippen LogP contribution is -2.50. The minimum Gasteiger partial charge on any atom is -0.331 e. The molecule has 1 N–H and O–H groups in total. The predicted molar refractivity (Wildman–Crippen MR) is 127 cm³/mol. The summed E-state index contributed by atoms with van der Waals surface area (Å²) in [4.78, 5) is 27.2. The lowest BCUT2D eigenvalue weighted by molar-refractivity contribution is 0.0709. The second kappa shape index (κ2) is 9.09. The van der Waals surface area contributed by atoms with Crippen molar-refractivity contribution < 1.29 is 4.79 Å². The highest BCUT2D eigenvalue weighted by molar-refractivity contribution is 5.94. The van der Waals surface area contributed by atoms with E-state index >= 15 is 0 Å². The van der Waals surface area contributed by atoms with Crippen LogP contribution in [0.15, 0.2) is 67.1 Å². The zero-order chi connectivity index (χ0) is 22.8. The number of benzene rings is 1. The Bertz CT molecular complexity index is 1260. The van der Waals surface area contributed by atoms with Crippen LogP contribution in [0.25, 0.3) is 22.2 Å². The quantitative estimate of drug-likeness (QED) is 0.513. The standard InChI is InChI=1S/C25H27N7O/c1-30-10-12-32(13-11-30)24(29-25(33)18-6-4-3-5-7-18)23-14-22-19(15-26-23)8-9-21(28-22)20-16-27-31(2)17-20/h3-9,14-17,24H,10-13H2,1-2H3,(H,29,33). The van der Waals surface area contributed by atoms with Crippen LogP contribution in [0.3, 0.4) is 0 Å². The molecule has 4 aromatic rings. The summed E-state index contributed by atoms with van der Waals surface area (Å²) in [5, 5.41) is 8.42. The van der Waals surface area contributed by atoms with Gasteiger partial charge >= 0.3 is 0 Å². The van der Waals surface area contributed by atoms with Gasteiger partial charge in [0, 0.05) is 62.1 Å². The normalized spacial score (nSPS) is 16.1. The highest BCUT2D eigenvalue weighted by Crippen LogP contribution is 2.24. The van der Waals surface area contributed by atoms with Gasteiger partial charge in [-0.25, -0.2) is 4.98 Å². The van der Waals surface area contributed by atoms with Crippen molar-refractivity contribution in [2.24, 2.45) is 7.05 Å². The summed E-state index contributed by atoms with van der Waals surface area (Å²) in [6, 6.07) is 15.3. The van der Waals surface area contributed by atoms with Crippen molar-refractivity contribution in [1.29, 1.82) is 0 Å². The highest BCUT2D eigenvalue weighted by atomic mass is 16.1. The number of rotatable bonds is 5. The Hall–Kier alpha value is -3.62. The molecule has 1 aliphatic rings. The first-order valence-electron chi connectivity index (χ1n) is 11.1. The number of hydrogen-bond acceptors (Lipinski definition) is 6. The predicted octanol–water partition coefficient (Wildman–Crippen LogP) is 2.71. The van der Waals surface area contributed by atoms with Gasteiger partial charge in [-0.05, 0) is 37.4 Å². The molecule has 8 heteroatoms. The van der Waals surface area contributed by atoms with Crippen molar-refractivity contribution in [2.45, 2.75) is 6.17 Å². The Kier molecular flexibility index (Phi) is 5.85. The largest absolute Gasteiger partial charge is 0.331 e. The molecule has 3 aromatic heterocycles. The molecule has 1 atom stereocenters. The number of carbonyl (C=O) groups is 1. The zero-order valence-corrected chi connectivity index (χ0v) is 18.8. The van der Waals surface area contributed by atoms with Gasteiger partial charge in [0.15, 0.2) is 0 Å². The molecule has 1 saturated heterocycles. The number of carbonyl (C=O) groups excluding carboxylic acids is 1. The second-order valence-corrected chi connectivity index (χ2v) is 8.48. The molecule has 5 rings (SSSR count). The van der Waals surface area contributed by atoms with Crippen LogP contribution in [0.2, 0.25) is 0 Å². The Balaban J connectivity index is 1.50. The molecular weight excluding hydrogens is 414 g/mol. The molecule has 33 heavy (non-hydrogen) atoms. The van der Waals surface area contributed by atoms with E-state index in [1.165, 1.54) is 0 Å². The Morgan fingerprint density at radius 1 is 1.00 bits per heavy atom. The van der Waals surface area contributed by atoms with Gasteiger partial charge in [0.1, 0.15) is 6.17 Å². The van der Waals surface area contributed by atoms with Gasteiger partial charge in [0.2, 0.25) is 0 Å². The molecule has 0 aliphatic carbocycles. The van der Waals surface area contributed by atoms with E-state index in [0.29, 0.717) is 5.56 Å². The molecule has 0 saturated carbocycles. The first-order valence-corrected chi connectivity index (χ1v) is 11.1. The van der Waals surface area contributed by atoms with E-state index < -0.39 is 0 Å². The van der Waals surface area contributed by atoms with Gasteiger partial charge in [0.25, 0.3) is 5.91 Å². The molecule has 1 amide bonds. The lowest BCUT2D eigenvalue weighted by Gasteiger charge is -2.37. The third kappa shape index (κ3) is 4.62. The van der Waals surface area contributed by atoms with E-state index in [-0.39, 0.29) is 12.1 Å². The number of aromatic nitrogens is 4. The molecule has 168 valence electrons. The number of likely N-dealkylation sites (N-methyl/N-ethyl adjacent to an activating group) is 1. The van der Waals surface area contributed by atoms with Crippen LogP contribution in [0.5, 0.6) is 0 Å². The average Bonchev–Trinajstić information content (AvgIpc) is 3.29. The Labute approximate surface area is 192 Å². The molecule has 0 bridgehead atoms. The summed E-state index contributed by atoms with van der Waals surface area (Å²) >= 11 is 0. The van der Waals surface area contributed by atoms with Gasteiger partial charge in [-0.1, -0.05) is 18.2 Å². The van der Waals surface area contributed by atoms with E-state index in [0.717, 1.165) is 54.0 Å². The molecule has 0 spiro atoms. The zero-order valence-electron chi connectivity index (χ0n) is 18.8. The molecule has 1 aliphatic heterocycles. The van der Waals surface area contributed by atoms with Crippen molar-refractivity contribution >= 4 is 16.8 Å². The van der Waals surface area contributed by atoms with Crippen molar-refractivity contribution in [2.75, 3.05) is 33.2 Å². The van der Waals surface area contributed by atoms with Crippen LogP contribution in [0, 0.1) is 0 Å². The molecule has 1 aromatic carbocycles. The Morgan fingerprint density at radius 2 is 1.79 bits per heavy atom. The number of amides is 1. The van der Waals surface area contributed by atoms with Crippen LogP contribution in [0.4, 0.5) is 0 Å². The fourth-order valence-corrected chi connectivity index (χ4v) is 4.13. The summed E-state index contributed by atoms with van der Waals surface area (Å²) in [6.07, 6.45) is 5.26. The van der Waals surface area contributed by atoms with Crippen LogP contribution >= 0.6 is 0 Å². The maximum absolute atomic E-state index is 13.0. The van der Waals surface area contributed by atoms with E-state index in [1.54, 1.807) is 4.68 Å². The molecule has 0 radical (unpaired) electrons. The number of fused-ring (bicyclic) bond motifs is 1. The number of pyridine rings is 2. The summed E-state index contributed by atoms with van der Waals surface area (Å²) in [7, 11) is 4.01. The van der Waals surface area contributed by atoms with E-state index in [2.05, 4.69) is 27.3 Å². The SMILES string of the molecule is CN1CCN(C(NC(=O)c2ccccc2)c2cc3nc(-c4cnn(C)c4)ccc3cn2)CC1. The minimum atomic E-state index is -0.334. The first-order chi connectivity index (χ1) is 16.1. The number of piperazine rings is 1. The van der Waals surface area contributed by atoms with Crippen molar-refractivity contribution in [3.63, 3.8) is 0 Å². The number of nitrogens with one attached hydrogen (secondary N) is 1. The second-order valence-electron chi connectivity index (χ2n) is 8.48. The third-order valence-corrected chi connectivity index (χ3v) is 6.08. The van der Waals surface area contributed by atoms with Crippen molar-refractivity contribution in [3.8, 4) is 11.3 Å². The molecule has 4 heterocycles. The smallest absolute Gasteiger partial charge is 0.252 e. The first kappa shape index (κ1) is 21.2. The van der Waals surface area contributed by atoms with E-state index in [9.17, 15) is 4.79 Å². The summed E-state index contributed by atoms with van der Waals surface area (Å²) in [6.45, 7) is 3.57. The van der Waals surface area contributed by atoms with Gasteiger partial charge in [-0.2, -0.15) is 5.10 Å².